The van der Waals surface area contributed by atoms with Crippen LogP contribution < -0.4 is 4.90 Å². The molecule has 0 atom stereocenters. The molecule has 0 bridgehead atoms. The minimum Gasteiger partial charge on any atom is -0.310 e. The van der Waals surface area contributed by atoms with Gasteiger partial charge in [0.25, 0.3) is 0 Å². The molecule has 0 aliphatic heterocycles. The highest BCUT2D eigenvalue weighted by Gasteiger charge is 2.53. The predicted octanol–water partition coefficient (Wildman–Crippen LogP) is 19.6. The zero-order valence-corrected chi connectivity index (χ0v) is 42.3. The standard InChI is InChI=1S/C74H47NS/c1-3-20-48(21-4-1)50-24-17-26-52(44-50)73(53-27-18-25-51(45-53)49-22-5-2-6-23-49)63-33-12-9-30-58(63)61-46-54(40-42-67(61)73)75(55-41-43-71-62(47-55)59-31-11-16-39-70(59)76-71)69-38-19-37-68-72(69)60-32-10-15-36-66(60)74(68)64-34-13-7-28-56(64)57-29-8-14-35-65(57)74/h1-47H. The Morgan fingerprint density at radius 3 is 1.36 bits per heavy atom. The van der Waals surface area contributed by atoms with Crippen molar-refractivity contribution in [3.05, 3.63) is 330 Å². The summed E-state index contributed by atoms with van der Waals surface area (Å²) in [6, 6.07) is 107. The number of hydrogen-bond donors (Lipinski definition) is 0. The van der Waals surface area contributed by atoms with Crippen LogP contribution in [-0.2, 0) is 10.8 Å². The molecule has 1 nitrogen and oxygen atoms in total. The first-order valence-electron chi connectivity index (χ1n) is 26.4. The Morgan fingerprint density at radius 2 is 0.711 bits per heavy atom. The number of benzene rings is 12. The highest BCUT2D eigenvalue weighted by molar-refractivity contribution is 7.25. The van der Waals surface area contributed by atoms with Crippen molar-refractivity contribution in [3.63, 3.8) is 0 Å². The van der Waals surface area contributed by atoms with E-state index < -0.39 is 10.8 Å². The maximum Gasteiger partial charge on any atom is 0.0726 e. The van der Waals surface area contributed by atoms with Crippen LogP contribution in [0.2, 0.25) is 0 Å². The van der Waals surface area contributed by atoms with Crippen LogP contribution in [-0.4, -0.2) is 0 Å². The number of anilines is 3. The summed E-state index contributed by atoms with van der Waals surface area (Å²) in [6.45, 7) is 0. The first-order valence-corrected chi connectivity index (χ1v) is 27.2. The van der Waals surface area contributed by atoms with E-state index in [1.165, 1.54) is 120 Å². The summed E-state index contributed by atoms with van der Waals surface area (Å²) in [5.41, 5.74) is 25.1. The van der Waals surface area contributed by atoms with Crippen molar-refractivity contribution in [1.82, 2.24) is 0 Å². The number of hydrogen-bond acceptors (Lipinski definition) is 2. The van der Waals surface area contributed by atoms with Crippen LogP contribution in [0.3, 0.4) is 0 Å². The van der Waals surface area contributed by atoms with Crippen LogP contribution in [0, 0.1) is 0 Å². The van der Waals surface area contributed by atoms with E-state index in [4.69, 9.17) is 0 Å². The Labute approximate surface area is 446 Å². The molecule has 76 heavy (non-hydrogen) atoms. The molecule has 0 N–H and O–H groups in total. The van der Waals surface area contributed by atoms with Gasteiger partial charge in [-0.1, -0.05) is 231 Å². The van der Waals surface area contributed by atoms with E-state index in [-0.39, 0.29) is 0 Å². The molecule has 0 radical (unpaired) electrons. The van der Waals surface area contributed by atoms with Gasteiger partial charge in [0.15, 0.2) is 0 Å². The molecule has 0 saturated carbocycles. The van der Waals surface area contributed by atoms with Crippen LogP contribution in [0.1, 0.15) is 44.5 Å². The molecule has 354 valence electrons. The topological polar surface area (TPSA) is 3.24 Å². The summed E-state index contributed by atoms with van der Waals surface area (Å²) >= 11 is 1.87. The highest BCUT2D eigenvalue weighted by atomic mass is 32.1. The zero-order valence-electron chi connectivity index (χ0n) is 41.5. The van der Waals surface area contributed by atoms with Gasteiger partial charge in [0.1, 0.15) is 0 Å². The quantitative estimate of drug-likeness (QED) is 0.154. The minimum atomic E-state index is -0.637. The van der Waals surface area contributed by atoms with Crippen molar-refractivity contribution < 1.29 is 0 Å². The van der Waals surface area contributed by atoms with Crippen molar-refractivity contribution in [1.29, 1.82) is 0 Å². The molecule has 0 amide bonds. The molecule has 16 rings (SSSR count). The van der Waals surface area contributed by atoms with Crippen molar-refractivity contribution in [2.24, 2.45) is 0 Å². The Kier molecular flexibility index (Phi) is 9.40. The highest BCUT2D eigenvalue weighted by Crippen LogP contribution is 2.65. The summed E-state index contributed by atoms with van der Waals surface area (Å²) < 4.78 is 2.59. The lowest BCUT2D eigenvalue weighted by atomic mass is 9.67. The second-order valence-corrected chi connectivity index (χ2v) is 21.7. The molecule has 1 heterocycles. The van der Waals surface area contributed by atoms with Crippen LogP contribution in [0.25, 0.3) is 75.8 Å². The van der Waals surface area contributed by atoms with Crippen molar-refractivity contribution in [2.75, 3.05) is 4.90 Å². The van der Waals surface area contributed by atoms with E-state index in [0.29, 0.717) is 0 Å². The second kappa shape index (κ2) is 16.6. The van der Waals surface area contributed by atoms with Crippen LogP contribution in [0.4, 0.5) is 17.1 Å². The fourth-order valence-electron chi connectivity index (χ4n) is 13.9. The SMILES string of the molecule is c1ccc(-c2cccc(C3(c4cccc(-c5ccccc5)c4)c4ccccc4-c4cc(N(c5ccc6sc7ccccc7c6c5)c5cccc6c5-c5ccccc5C65c6ccccc6-c6ccccc65)ccc43)c2)cc1. The first-order chi connectivity index (χ1) is 37.7. The molecule has 3 aliphatic carbocycles. The number of fused-ring (bicyclic) bond motifs is 16. The van der Waals surface area contributed by atoms with E-state index in [1.54, 1.807) is 0 Å². The van der Waals surface area contributed by atoms with E-state index in [9.17, 15) is 0 Å². The molecule has 1 aromatic heterocycles. The normalized spacial score (nSPS) is 13.7. The lowest BCUT2D eigenvalue weighted by Crippen LogP contribution is -2.28. The molecular weight excluding hydrogens is 935 g/mol. The molecule has 1 spiro atoms. The van der Waals surface area contributed by atoms with Crippen molar-refractivity contribution in [3.8, 4) is 55.6 Å². The fraction of sp³-hybridized carbons (Fsp3) is 0.0270. The third kappa shape index (κ3) is 5.96. The molecule has 3 aliphatic rings. The van der Waals surface area contributed by atoms with Gasteiger partial charge in [-0.3, -0.25) is 0 Å². The summed E-state index contributed by atoms with van der Waals surface area (Å²) in [5.74, 6) is 0. The fourth-order valence-corrected chi connectivity index (χ4v) is 15.0. The smallest absolute Gasteiger partial charge is 0.0726 e. The van der Waals surface area contributed by atoms with Gasteiger partial charge in [-0.15, -0.1) is 11.3 Å². The van der Waals surface area contributed by atoms with E-state index in [2.05, 4.69) is 290 Å². The van der Waals surface area contributed by atoms with Crippen molar-refractivity contribution >= 4 is 48.6 Å². The van der Waals surface area contributed by atoms with E-state index in [0.717, 1.165) is 17.1 Å². The number of nitrogens with zero attached hydrogens (tertiary/aromatic N) is 1. The van der Waals surface area contributed by atoms with Gasteiger partial charge < -0.3 is 4.90 Å². The molecule has 0 saturated heterocycles. The van der Waals surface area contributed by atoms with E-state index >= 15 is 0 Å². The summed E-state index contributed by atoms with van der Waals surface area (Å²) in [5, 5.41) is 2.56. The lowest BCUT2D eigenvalue weighted by Gasteiger charge is -2.35. The molecule has 2 heteroatoms. The largest absolute Gasteiger partial charge is 0.310 e. The lowest BCUT2D eigenvalue weighted by molar-refractivity contribution is 0.769. The number of thiophene rings is 1. The third-order valence-electron chi connectivity index (χ3n) is 17.0. The molecule has 13 aromatic rings. The molecule has 0 fully saturated rings. The molecular formula is C74H47NS. The molecule has 0 unspecified atom stereocenters. The Bertz CT molecular complexity index is 4360. The maximum absolute atomic E-state index is 2.57. The predicted molar refractivity (Wildman–Crippen MR) is 318 cm³/mol. The average molecular weight is 982 g/mol. The Hall–Kier alpha value is -9.34. The van der Waals surface area contributed by atoms with Gasteiger partial charge in [-0.25, -0.2) is 0 Å². The maximum atomic E-state index is 2.57. The van der Waals surface area contributed by atoms with Crippen LogP contribution >= 0.6 is 11.3 Å². The van der Waals surface area contributed by atoms with Crippen LogP contribution in [0.5, 0.6) is 0 Å². The molecule has 12 aromatic carbocycles. The Balaban J connectivity index is 0.977. The second-order valence-electron chi connectivity index (χ2n) is 20.6. The number of rotatable bonds is 7. The Morgan fingerprint density at radius 1 is 0.263 bits per heavy atom. The first kappa shape index (κ1) is 43.1. The summed E-state index contributed by atoms with van der Waals surface area (Å²) in [7, 11) is 0. The average Bonchev–Trinajstić information content (AvgIpc) is 4.41. The third-order valence-corrected chi connectivity index (χ3v) is 18.1. The summed E-state index contributed by atoms with van der Waals surface area (Å²) in [6.07, 6.45) is 0. The van der Waals surface area contributed by atoms with Crippen LogP contribution in [0.15, 0.2) is 285 Å². The van der Waals surface area contributed by atoms with Gasteiger partial charge in [0, 0.05) is 37.1 Å². The van der Waals surface area contributed by atoms with Gasteiger partial charge in [-0.05, 0) is 149 Å². The monoisotopic (exact) mass is 981 g/mol. The zero-order chi connectivity index (χ0) is 50.0. The van der Waals surface area contributed by atoms with Gasteiger partial charge in [0.2, 0.25) is 0 Å². The van der Waals surface area contributed by atoms with Gasteiger partial charge in [-0.2, -0.15) is 0 Å². The van der Waals surface area contributed by atoms with E-state index in [1.807, 2.05) is 11.3 Å². The minimum absolute atomic E-state index is 0.479. The summed E-state index contributed by atoms with van der Waals surface area (Å²) in [4.78, 5) is 2.57. The van der Waals surface area contributed by atoms with Crippen molar-refractivity contribution in [2.45, 2.75) is 10.8 Å². The van der Waals surface area contributed by atoms with Gasteiger partial charge in [0.05, 0.1) is 16.5 Å². The van der Waals surface area contributed by atoms with Gasteiger partial charge >= 0.3 is 0 Å².